The molecule has 15 heavy (non-hydrogen) atoms. The van der Waals surface area contributed by atoms with Gasteiger partial charge in [-0.1, -0.05) is 11.3 Å². The Morgan fingerprint density at radius 2 is 2.20 bits per heavy atom. The summed E-state index contributed by atoms with van der Waals surface area (Å²) in [6, 6.07) is 5.78. The molecule has 80 valence electrons. The van der Waals surface area contributed by atoms with Crippen LogP contribution < -0.4 is 9.61 Å². The van der Waals surface area contributed by atoms with Gasteiger partial charge in [-0.25, -0.2) is 0 Å². The topological polar surface area (TPSA) is 31.2 Å². The van der Waals surface area contributed by atoms with Crippen LogP contribution in [0.3, 0.4) is 0 Å². The maximum atomic E-state index is 11.6. The Labute approximate surface area is 91.9 Å². The van der Waals surface area contributed by atoms with Gasteiger partial charge >= 0.3 is 4.87 Å². The number of rotatable bonds is 3. The predicted molar refractivity (Wildman–Crippen MR) is 62.9 cm³/mol. The SMILES string of the molecule is CCOc1ccc2c(c1)sc(=O)n2CC. The van der Waals surface area contributed by atoms with Gasteiger partial charge < -0.3 is 4.74 Å². The maximum Gasteiger partial charge on any atom is 0.308 e. The molecule has 0 radical (unpaired) electrons. The van der Waals surface area contributed by atoms with E-state index in [9.17, 15) is 4.79 Å². The standard InChI is InChI=1S/C11H13NO2S/c1-3-12-9-6-5-8(14-4-2)7-10(9)15-11(12)13/h5-7H,3-4H2,1-2H3. The van der Waals surface area contributed by atoms with Crippen LogP contribution in [0.5, 0.6) is 5.75 Å². The summed E-state index contributed by atoms with van der Waals surface area (Å²) in [5.41, 5.74) is 0.996. The lowest BCUT2D eigenvalue weighted by molar-refractivity contribution is 0.341. The van der Waals surface area contributed by atoms with Crippen molar-refractivity contribution in [1.29, 1.82) is 0 Å². The van der Waals surface area contributed by atoms with Gasteiger partial charge in [-0.2, -0.15) is 0 Å². The summed E-state index contributed by atoms with van der Waals surface area (Å²) in [7, 11) is 0. The number of fused-ring (bicyclic) bond motifs is 1. The quantitative estimate of drug-likeness (QED) is 0.800. The lowest BCUT2D eigenvalue weighted by Crippen LogP contribution is -2.10. The van der Waals surface area contributed by atoms with E-state index in [2.05, 4.69) is 0 Å². The second-order valence-corrected chi connectivity index (χ2v) is 4.17. The molecule has 0 amide bonds. The van der Waals surface area contributed by atoms with E-state index in [-0.39, 0.29) is 4.87 Å². The zero-order chi connectivity index (χ0) is 10.8. The fraction of sp³-hybridized carbons (Fsp3) is 0.364. The average Bonchev–Trinajstić information content (AvgIpc) is 2.53. The van der Waals surface area contributed by atoms with Crippen molar-refractivity contribution in [2.24, 2.45) is 0 Å². The van der Waals surface area contributed by atoms with E-state index in [4.69, 9.17) is 4.74 Å². The van der Waals surface area contributed by atoms with Crippen LogP contribution in [0.2, 0.25) is 0 Å². The van der Waals surface area contributed by atoms with Crippen LogP contribution in [0.15, 0.2) is 23.0 Å². The lowest BCUT2D eigenvalue weighted by atomic mass is 10.3. The van der Waals surface area contributed by atoms with Gasteiger partial charge in [0.1, 0.15) is 5.75 Å². The zero-order valence-corrected chi connectivity index (χ0v) is 9.63. The molecule has 0 saturated heterocycles. The molecule has 0 spiro atoms. The first-order valence-electron chi connectivity index (χ1n) is 5.02. The summed E-state index contributed by atoms with van der Waals surface area (Å²) >= 11 is 1.27. The minimum atomic E-state index is 0.0983. The van der Waals surface area contributed by atoms with Crippen LogP contribution in [-0.4, -0.2) is 11.2 Å². The highest BCUT2D eigenvalue weighted by molar-refractivity contribution is 7.16. The third kappa shape index (κ3) is 1.77. The number of benzene rings is 1. The third-order valence-electron chi connectivity index (χ3n) is 2.27. The van der Waals surface area contributed by atoms with Crippen molar-refractivity contribution in [3.05, 3.63) is 27.9 Å². The highest BCUT2D eigenvalue weighted by Crippen LogP contribution is 2.23. The van der Waals surface area contributed by atoms with E-state index in [1.54, 1.807) is 4.57 Å². The Bertz CT molecular complexity index is 527. The molecule has 0 aliphatic rings. The monoisotopic (exact) mass is 223 g/mol. The number of thiazole rings is 1. The molecule has 1 aromatic carbocycles. The van der Waals surface area contributed by atoms with Gasteiger partial charge in [0.25, 0.3) is 0 Å². The van der Waals surface area contributed by atoms with E-state index in [1.807, 2.05) is 32.0 Å². The highest BCUT2D eigenvalue weighted by Gasteiger charge is 2.06. The normalized spacial score (nSPS) is 10.8. The van der Waals surface area contributed by atoms with Gasteiger partial charge in [0.05, 0.1) is 16.8 Å². The first kappa shape index (κ1) is 10.2. The second kappa shape index (κ2) is 4.06. The van der Waals surface area contributed by atoms with Crippen molar-refractivity contribution >= 4 is 21.6 Å². The van der Waals surface area contributed by atoms with Gasteiger partial charge in [-0.15, -0.1) is 0 Å². The summed E-state index contributed by atoms with van der Waals surface area (Å²) in [5.74, 6) is 0.828. The number of nitrogens with zero attached hydrogens (tertiary/aromatic N) is 1. The summed E-state index contributed by atoms with van der Waals surface area (Å²) in [4.78, 5) is 11.7. The van der Waals surface area contributed by atoms with Gasteiger partial charge in [0, 0.05) is 6.54 Å². The van der Waals surface area contributed by atoms with Crippen LogP contribution in [0.1, 0.15) is 13.8 Å². The van der Waals surface area contributed by atoms with Crippen LogP contribution in [-0.2, 0) is 6.54 Å². The first-order valence-corrected chi connectivity index (χ1v) is 5.84. The lowest BCUT2D eigenvalue weighted by Gasteiger charge is -2.03. The van der Waals surface area contributed by atoms with E-state index in [1.165, 1.54) is 11.3 Å². The molecule has 2 rings (SSSR count). The van der Waals surface area contributed by atoms with Gasteiger partial charge in [0.15, 0.2) is 0 Å². The molecule has 0 fully saturated rings. The minimum Gasteiger partial charge on any atom is -0.494 e. The predicted octanol–water partition coefficient (Wildman–Crippen LogP) is 2.48. The Morgan fingerprint density at radius 1 is 1.40 bits per heavy atom. The number of hydrogen-bond acceptors (Lipinski definition) is 3. The molecular weight excluding hydrogens is 210 g/mol. The maximum absolute atomic E-state index is 11.6. The van der Waals surface area contributed by atoms with Gasteiger partial charge in [-0.05, 0) is 32.0 Å². The number of aromatic nitrogens is 1. The second-order valence-electron chi connectivity index (χ2n) is 3.17. The van der Waals surface area contributed by atoms with E-state index in [0.29, 0.717) is 13.2 Å². The molecule has 1 aromatic heterocycles. The molecule has 0 N–H and O–H groups in total. The molecular formula is C11H13NO2S. The third-order valence-corrected chi connectivity index (χ3v) is 3.21. The van der Waals surface area contributed by atoms with Crippen molar-refractivity contribution in [3.63, 3.8) is 0 Å². The molecule has 0 saturated carbocycles. The van der Waals surface area contributed by atoms with Crippen molar-refractivity contribution in [2.75, 3.05) is 6.61 Å². The Kier molecular flexibility index (Phi) is 2.77. The zero-order valence-electron chi connectivity index (χ0n) is 8.82. The number of ether oxygens (including phenoxy) is 1. The molecule has 4 heteroatoms. The van der Waals surface area contributed by atoms with E-state index in [0.717, 1.165) is 16.0 Å². The summed E-state index contributed by atoms with van der Waals surface area (Å²) < 4.78 is 8.16. The fourth-order valence-corrected chi connectivity index (χ4v) is 2.59. The number of hydrogen-bond donors (Lipinski definition) is 0. The van der Waals surface area contributed by atoms with Gasteiger partial charge in [0.2, 0.25) is 0 Å². The Hall–Kier alpha value is -1.29. The van der Waals surface area contributed by atoms with Crippen LogP contribution in [0.25, 0.3) is 10.2 Å². The van der Waals surface area contributed by atoms with Crippen LogP contribution in [0.4, 0.5) is 0 Å². The van der Waals surface area contributed by atoms with Gasteiger partial charge in [-0.3, -0.25) is 9.36 Å². The number of aryl methyl sites for hydroxylation is 1. The molecule has 0 atom stereocenters. The minimum absolute atomic E-state index is 0.0983. The van der Waals surface area contributed by atoms with Crippen LogP contribution >= 0.6 is 11.3 Å². The first-order chi connectivity index (χ1) is 7.26. The molecule has 0 bridgehead atoms. The summed E-state index contributed by atoms with van der Waals surface area (Å²) in [6.07, 6.45) is 0. The van der Waals surface area contributed by atoms with Crippen molar-refractivity contribution < 1.29 is 4.74 Å². The largest absolute Gasteiger partial charge is 0.494 e. The molecule has 3 nitrogen and oxygen atoms in total. The molecule has 0 aliphatic carbocycles. The molecule has 0 unspecified atom stereocenters. The smallest absolute Gasteiger partial charge is 0.308 e. The molecule has 0 aliphatic heterocycles. The summed E-state index contributed by atoms with van der Waals surface area (Å²) in [5, 5.41) is 0. The van der Waals surface area contributed by atoms with Crippen molar-refractivity contribution in [3.8, 4) is 5.75 Å². The Balaban J connectivity index is 2.59. The fourth-order valence-electron chi connectivity index (χ4n) is 1.60. The summed E-state index contributed by atoms with van der Waals surface area (Å²) in [6.45, 7) is 5.29. The van der Waals surface area contributed by atoms with E-state index >= 15 is 0 Å². The molecule has 2 aromatic rings. The average molecular weight is 223 g/mol. The highest BCUT2D eigenvalue weighted by atomic mass is 32.1. The van der Waals surface area contributed by atoms with E-state index < -0.39 is 0 Å². The van der Waals surface area contributed by atoms with Crippen LogP contribution in [0, 0.1) is 0 Å². The Morgan fingerprint density at radius 3 is 2.87 bits per heavy atom. The van der Waals surface area contributed by atoms with Crippen molar-refractivity contribution in [2.45, 2.75) is 20.4 Å². The molecule has 1 heterocycles. The van der Waals surface area contributed by atoms with Crippen molar-refractivity contribution in [1.82, 2.24) is 4.57 Å².